The van der Waals surface area contributed by atoms with E-state index in [9.17, 15) is 8.78 Å². The molecule has 0 radical (unpaired) electrons. The van der Waals surface area contributed by atoms with Crippen LogP contribution in [0.4, 0.5) is 26.1 Å². The molecule has 3 aromatic heterocycles. The maximum absolute atomic E-state index is 14.8. The van der Waals surface area contributed by atoms with E-state index in [4.69, 9.17) is 20.3 Å². The van der Waals surface area contributed by atoms with Crippen LogP contribution in [-0.2, 0) is 6.54 Å². The monoisotopic (exact) mass is 507 g/mol. The van der Waals surface area contributed by atoms with Crippen LogP contribution in [0, 0.1) is 18.6 Å². The second-order valence-electron chi connectivity index (χ2n) is 8.80. The number of methoxy groups -OCH3 is 1. The minimum absolute atomic E-state index is 0.0685. The van der Waals surface area contributed by atoms with E-state index in [1.807, 2.05) is 6.92 Å². The molecule has 1 saturated carbocycles. The van der Waals surface area contributed by atoms with Gasteiger partial charge in [-0.1, -0.05) is 0 Å². The van der Waals surface area contributed by atoms with Crippen molar-refractivity contribution in [2.24, 2.45) is 0 Å². The first kappa shape index (κ1) is 24.4. The summed E-state index contributed by atoms with van der Waals surface area (Å²) in [5, 5.41) is 7.89. The molecule has 37 heavy (non-hydrogen) atoms. The maximum atomic E-state index is 14.8. The molecule has 0 bridgehead atoms. The Morgan fingerprint density at radius 2 is 1.89 bits per heavy atom. The molecule has 0 amide bonds. The van der Waals surface area contributed by atoms with Crippen LogP contribution in [0.15, 0.2) is 36.5 Å². The van der Waals surface area contributed by atoms with Crippen LogP contribution in [0.3, 0.4) is 0 Å². The van der Waals surface area contributed by atoms with Gasteiger partial charge in [-0.3, -0.25) is 4.68 Å². The summed E-state index contributed by atoms with van der Waals surface area (Å²) in [5.41, 5.74) is 9.01. The van der Waals surface area contributed by atoms with Crippen molar-refractivity contribution >= 4 is 17.3 Å². The molecule has 0 saturated heterocycles. The summed E-state index contributed by atoms with van der Waals surface area (Å²) < 4.78 is 41.8. The highest BCUT2D eigenvalue weighted by molar-refractivity contribution is 5.65. The first-order valence-corrected chi connectivity index (χ1v) is 12.0. The molecule has 3 N–H and O–H groups in total. The van der Waals surface area contributed by atoms with Crippen molar-refractivity contribution in [3.8, 4) is 23.1 Å². The molecule has 4 aromatic rings. The van der Waals surface area contributed by atoms with Crippen molar-refractivity contribution < 1.29 is 18.3 Å². The van der Waals surface area contributed by atoms with E-state index in [-0.39, 0.29) is 29.6 Å². The van der Waals surface area contributed by atoms with Gasteiger partial charge in [0.25, 0.3) is 0 Å². The van der Waals surface area contributed by atoms with Crippen LogP contribution in [0.1, 0.15) is 42.5 Å². The molecule has 0 aliphatic heterocycles. The van der Waals surface area contributed by atoms with E-state index in [0.717, 1.165) is 24.1 Å². The van der Waals surface area contributed by atoms with E-state index in [0.29, 0.717) is 35.5 Å². The van der Waals surface area contributed by atoms with Crippen LogP contribution >= 0.6 is 0 Å². The van der Waals surface area contributed by atoms with Crippen LogP contribution in [0.2, 0.25) is 0 Å². The van der Waals surface area contributed by atoms with Crippen LogP contribution < -0.4 is 20.5 Å². The number of benzene rings is 1. The second-order valence-corrected chi connectivity index (χ2v) is 8.80. The first-order chi connectivity index (χ1) is 17.9. The Morgan fingerprint density at radius 1 is 1.14 bits per heavy atom. The molecule has 5 rings (SSSR count). The third-order valence-electron chi connectivity index (χ3n) is 6.11. The fourth-order valence-electron chi connectivity index (χ4n) is 4.28. The summed E-state index contributed by atoms with van der Waals surface area (Å²) in [4.78, 5) is 13.1. The molecule has 1 aliphatic rings. The SMILES string of the molecule is CCOc1cc(F)c(Cn2nc(-c3nc(N)cc(Nc4ccnc(OC)c4)n3)c(C)c2C2CC2)c(F)c1. The zero-order chi connectivity index (χ0) is 26.1. The van der Waals surface area contributed by atoms with Crippen LogP contribution in [0.5, 0.6) is 11.6 Å². The molecule has 1 fully saturated rings. The molecule has 1 aliphatic carbocycles. The number of aromatic nitrogens is 5. The number of hydrogen-bond acceptors (Lipinski definition) is 8. The van der Waals surface area contributed by atoms with E-state index < -0.39 is 11.6 Å². The zero-order valence-electron chi connectivity index (χ0n) is 20.8. The highest BCUT2D eigenvalue weighted by atomic mass is 19.1. The quantitative estimate of drug-likeness (QED) is 0.326. The van der Waals surface area contributed by atoms with Gasteiger partial charge in [-0.15, -0.1) is 0 Å². The van der Waals surface area contributed by atoms with Crippen molar-refractivity contribution in [3.05, 3.63) is 65.0 Å². The standard InChI is InChI=1S/C26H27F2N7O2/c1-4-37-17-10-19(27)18(20(28)11-17)13-35-25(15-5-6-15)14(2)24(34-35)26-32-21(29)12-22(33-26)31-16-7-8-30-23(9-16)36-3/h7-12,15H,4-6,13H2,1-3H3,(H3,29,30,31,32,33). The van der Waals surface area contributed by atoms with Crippen molar-refractivity contribution in [2.75, 3.05) is 24.8 Å². The number of ether oxygens (including phenoxy) is 2. The molecule has 192 valence electrons. The minimum atomic E-state index is -0.681. The summed E-state index contributed by atoms with van der Waals surface area (Å²) in [7, 11) is 1.54. The van der Waals surface area contributed by atoms with Gasteiger partial charge in [-0.05, 0) is 32.8 Å². The molecular formula is C26H27F2N7O2. The van der Waals surface area contributed by atoms with Gasteiger partial charge in [0, 0.05) is 58.9 Å². The van der Waals surface area contributed by atoms with Crippen molar-refractivity contribution in [3.63, 3.8) is 0 Å². The van der Waals surface area contributed by atoms with Gasteiger partial charge < -0.3 is 20.5 Å². The predicted molar refractivity (Wildman–Crippen MR) is 135 cm³/mol. The minimum Gasteiger partial charge on any atom is -0.494 e. The van der Waals surface area contributed by atoms with Gasteiger partial charge in [0.2, 0.25) is 5.88 Å². The third-order valence-corrected chi connectivity index (χ3v) is 6.11. The average molecular weight is 508 g/mol. The number of anilines is 3. The van der Waals surface area contributed by atoms with E-state index in [1.165, 1.54) is 19.2 Å². The summed E-state index contributed by atoms with van der Waals surface area (Å²) in [6, 6.07) is 7.50. The first-order valence-electron chi connectivity index (χ1n) is 12.0. The highest BCUT2D eigenvalue weighted by Crippen LogP contribution is 2.44. The second kappa shape index (κ2) is 10.00. The lowest BCUT2D eigenvalue weighted by molar-refractivity contribution is 0.335. The summed E-state index contributed by atoms with van der Waals surface area (Å²) in [5.74, 6) is 0.525. The summed E-state index contributed by atoms with van der Waals surface area (Å²) >= 11 is 0. The lowest BCUT2D eigenvalue weighted by Gasteiger charge is -2.11. The number of nitrogens with two attached hydrogens (primary N) is 1. The Hall–Kier alpha value is -4.28. The normalized spacial score (nSPS) is 13.0. The lowest BCUT2D eigenvalue weighted by atomic mass is 10.1. The fraction of sp³-hybridized carbons (Fsp3) is 0.308. The average Bonchev–Trinajstić information content (AvgIpc) is 3.64. The topological polar surface area (TPSA) is 113 Å². The summed E-state index contributed by atoms with van der Waals surface area (Å²) in [6.45, 7) is 3.93. The van der Waals surface area contributed by atoms with Gasteiger partial charge in [-0.2, -0.15) is 5.10 Å². The number of nitrogen functional groups attached to an aromatic ring is 1. The van der Waals surface area contributed by atoms with Crippen LogP contribution in [-0.4, -0.2) is 38.4 Å². The maximum Gasteiger partial charge on any atom is 0.214 e. The number of nitrogens with zero attached hydrogens (tertiary/aromatic N) is 5. The largest absolute Gasteiger partial charge is 0.494 e. The Labute approximate surface area is 212 Å². The molecule has 0 atom stereocenters. The van der Waals surface area contributed by atoms with Crippen molar-refractivity contribution in [1.82, 2.24) is 24.7 Å². The number of halogens is 2. The zero-order valence-corrected chi connectivity index (χ0v) is 20.8. The highest BCUT2D eigenvalue weighted by Gasteiger charge is 2.32. The Balaban J connectivity index is 1.51. The van der Waals surface area contributed by atoms with Gasteiger partial charge in [0.1, 0.15) is 34.7 Å². The Kier molecular flexibility index (Phi) is 6.60. The molecule has 3 heterocycles. The molecule has 0 unspecified atom stereocenters. The number of pyridine rings is 1. The van der Waals surface area contributed by atoms with E-state index in [2.05, 4.69) is 20.3 Å². The van der Waals surface area contributed by atoms with E-state index in [1.54, 1.807) is 36.0 Å². The van der Waals surface area contributed by atoms with Crippen molar-refractivity contribution in [1.29, 1.82) is 0 Å². The Morgan fingerprint density at radius 3 is 2.57 bits per heavy atom. The fourth-order valence-corrected chi connectivity index (χ4v) is 4.28. The van der Waals surface area contributed by atoms with Gasteiger partial charge in [0.15, 0.2) is 5.82 Å². The van der Waals surface area contributed by atoms with Gasteiger partial charge >= 0.3 is 0 Å². The van der Waals surface area contributed by atoms with Crippen LogP contribution in [0.25, 0.3) is 11.5 Å². The number of rotatable bonds is 9. The Bertz CT molecular complexity index is 1430. The molecule has 9 nitrogen and oxygen atoms in total. The van der Waals surface area contributed by atoms with E-state index >= 15 is 0 Å². The van der Waals surface area contributed by atoms with Gasteiger partial charge in [0.05, 0.1) is 20.3 Å². The lowest BCUT2D eigenvalue weighted by Crippen LogP contribution is -2.10. The number of hydrogen-bond donors (Lipinski definition) is 2. The molecule has 1 aromatic carbocycles. The smallest absolute Gasteiger partial charge is 0.214 e. The summed E-state index contributed by atoms with van der Waals surface area (Å²) in [6.07, 6.45) is 3.57. The third kappa shape index (κ3) is 5.16. The van der Waals surface area contributed by atoms with Gasteiger partial charge in [-0.25, -0.2) is 23.7 Å². The number of nitrogens with one attached hydrogen (secondary N) is 1. The predicted octanol–water partition coefficient (Wildman–Crippen LogP) is 4.98. The molecule has 11 heteroatoms. The molecular weight excluding hydrogens is 480 g/mol. The van der Waals surface area contributed by atoms with Crippen molar-refractivity contribution in [2.45, 2.75) is 39.2 Å². The molecule has 0 spiro atoms.